The Bertz CT molecular complexity index is 719. The Morgan fingerprint density at radius 3 is 2.23 bits per heavy atom. The molecule has 4 atom stereocenters. The Labute approximate surface area is 128 Å². The first-order valence-electron chi connectivity index (χ1n) is 7.48. The number of nitriles is 1. The van der Waals surface area contributed by atoms with E-state index in [0.29, 0.717) is 11.3 Å². The van der Waals surface area contributed by atoms with Crippen molar-refractivity contribution >= 4 is 17.5 Å². The van der Waals surface area contributed by atoms with E-state index in [1.165, 1.54) is 4.90 Å². The van der Waals surface area contributed by atoms with Gasteiger partial charge in [-0.25, -0.2) is 4.90 Å². The molecule has 1 aromatic carbocycles. The van der Waals surface area contributed by atoms with Crippen LogP contribution in [0, 0.1) is 23.2 Å². The van der Waals surface area contributed by atoms with Gasteiger partial charge in [0.1, 0.15) is 6.07 Å². The molecule has 2 bridgehead atoms. The molecule has 112 valence electrons. The third kappa shape index (κ3) is 1.41. The summed E-state index contributed by atoms with van der Waals surface area (Å²) in [6.07, 6.45) is 1.58. The lowest BCUT2D eigenvalue weighted by molar-refractivity contribution is -0.129. The fourth-order valence-corrected chi connectivity index (χ4v) is 4.47. The fraction of sp³-hybridized carbons (Fsp3) is 0.471. The monoisotopic (exact) mass is 296 g/mol. The van der Waals surface area contributed by atoms with Crippen LogP contribution >= 0.6 is 0 Å². The summed E-state index contributed by atoms with van der Waals surface area (Å²) in [7, 11) is 0. The smallest absolute Gasteiger partial charge is 0.240 e. The molecule has 0 saturated carbocycles. The maximum Gasteiger partial charge on any atom is 0.240 e. The summed E-state index contributed by atoms with van der Waals surface area (Å²) in [5, 5.41) is 9.25. The summed E-state index contributed by atoms with van der Waals surface area (Å²) in [6, 6.07) is 8.80. The first kappa shape index (κ1) is 13.5. The van der Waals surface area contributed by atoms with Gasteiger partial charge >= 0.3 is 0 Å². The lowest BCUT2D eigenvalue weighted by atomic mass is 9.69. The van der Waals surface area contributed by atoms with E-state index in [9.17, 15) is 14.9 Å². The van der Waals surface area contributed by atoms with Crippen LogP contribution in [0.3, 0.4) is 0 Å². The molecule has 4 rings (SSSR count). The molecule has 0 aromatic heterocycles. The Hall–Kier alpha value is -2.19. The normalized spacial score (nSPS) is 39.2. The summed E-state index contributed by atoms with van der Waals surface area (Å²) in [5.41, 5.74) is -0.404. The molecule has 0 radical (unpaired) electrons. The second kappa shape index (κ2) is 3.96. The summed E-state index contributed by atoms with van der Waals surface area (Å²) >= 11 is 0. The van der Waals surface area contributed by atoms with Crippen molar-refractivity contribution in [3.05, 3.63) is 29.8 Å². The molecule has 3 saturated heterocycles. The Kier molecular flexibility index (Phi) is 2.43. The van der Waals surface area contributed by atoms with Crippen LogP contribution in [0.15, 0.2) is 24.3 Å². The SMILES string of the molecule is CC12CCC(C)(O1)C1C(=O)N(c3ccccc3C#N)C(=O)C12. The second-order valence-electron chi connectivity index (χ2n) is 6.82. The summed E-state index contributed by atoms with van der Waals surface area (Å²) in [4.78, 5) is 27.0. The lowest BCUT2D eigenvalue weighted by Gasteiger charge is -2.27. The molecular weight excluding hydrogens is 280 g/mol. The van der Waals surface area contributed by atoms with Gasteiger partial charge in [0.05, 0.1) is 34.3 Å². The molecule has 3 fully saturated rings. The highest BCUT2D eigenvalue weighted by Crippen LogP contribution is 2.61. The highest BCUT2D eigenvalue weighted by Gasteiger charge is 2.72. The number of benzene rings is 1. The van der Waals surface area contributed by atoms with Crippen LogP contribution in [0.2, 0.25) is 0 Å². The number of hydrogen-bond donors (Lipinski definition) is 0. The van der Waals surface area contributed by atoms with Crippen molar-refractivity contribution in [2.24, 2.45) is 11.8 Å². The van der Waals surface area contributed by atoms with Gasteiger partial charge in [0, 0.05) is 0 Å². The van der Waals surface area contributed by atoms with Crippen molar-refractivity contribution in [3.8, 4) is 6.07 Å². The third-order valence-electron chi connectivity index (χ3n) is 5.47. The molecule has 5 nitrogen and oxygen atoms in total. The minimum absolute atomic E-state index is 0.233. The van der Waals surface area contributed by atoms with Gasteiger partial charge in [-0.05, 0) is 38.8 Å². The van der Waals surface area contributed by atoms with E-state index < -0.39 is 23.0 Å². The minimum Gasteiger partial charge on any atom is -0.367 e. The van der Waals surface area contributed by atoms with E-state index in [-0.39, 0.29) is 11.8 Å². The number of hydrogen-bond acceptors (Lipinski definition) is 4. The number of nitrogens with zero attached hydrogens (tertiary/aromatic N) is 2. The predicted octanol–water partition coefficient (Wildman–Crippen LogP) is 2.01. The first-order chi connectivity index (χ1) is 10.4. The average Bonchev–Trinajstić information content (AvgIpc) is 3.04. The number of fused-ring (bicyclic) bond motifs is 5. The first-order valence-corrected chi connectivity index (χ1v) is 7.48. The Balaban J connectivity index is 1.84. The molecule has 3 heterocycles. The molecule has 22 heavy (non-hydrogen) atoms. The van der Waals surface area contributed by atoms with Gasteiger partial charge in [0.25, 0.3) is 0 Å². The second-order valence-corrected chi connectivity index (χ2v) is 6.82. The number of amides is 2. The predicted molar refractivity (Wildman–Crippen MR) is 77.8 cm³/mol. The van der Waals surface area contributed by atoms with Gasteiger partial charge in [-0.2, -0.15) is 5.26 Å². The zero-order valence-electron chi connectivity index (χ0n) is 12.5. The van der Waals surface area contributed by atoms with Crippen LogP contribution in [0.5, 0.6) is 0 Å². The van der Waals surface area contributed by atoms with Gasteiger partial charge in [-0.3, -0.25) is 9.59 Å². The van der Waals surface area contributed by atoms with E-state index in [4.69, 9.17) is 4.74 Å². The fourth-order valence-electron chi connectivity index (χ4n) is 4.47. The van der Waals surface area contributed by atoms with E-state index in [2.05, 4.69) is 6.07 Å². The lowest BCUT2D eigenvalue weighted by Crippen LogP contribution is -2.40. The van der Waals surface area contributed by atoms with E-state index in [1.807, 2.05) is 13.8 Å². The zero-order valence-corrected chi connectivity index (χ0v) is 12.5. The van der Waals surface area contributed by atoms with Crippen LogP contribution in [0.25, 0.3) is 0 Å². The zero-order chi connectivity index (χ0) is 15.7. The standard InChI is InChI=1S/C17H16N2O3/c1-16-7-8-17(2,22-16)13-12(16)14(20)19(15(13)21)11-6-4-3-5-10(11)9-18/h3-6,12-13H,7-8H2,1-2H3. The minimum atomic E-state index is -0.567. The largest absolute Gasteiger partial charge is 0.367 e. The Morgan fingerprint density at radius 1 is 1.14 bits per heavy atom. The van der Waals surface area contributed by atoms with Crippen LogP contribution in [-0.4, -0.2) is 23.0 Å². The molecular formula is C17H16N2O3. The summed E-state index contributed by atoms with van der Waals surface area (Å²) < 4.78 is 6.06. The van der Waals surface area contributed by atoms with E-state index in [1.54, 1.807) is 24.3 Å². The van der Waals surface area contributed by atoms with E-state index in [0.717, 1.165) is 12.8 Å². The van der Waals surface area contributed by atoms with Gasteiger partial charge in [0.2, 0.25) is 11.8 Å². The number of anilines is 1. The van der Waals surface area contributed by atoms with Gasteiger partial charge in [-0.15, -0.1) is 0 Å². The van der Waals surface area contributed by atoms with Gasteiger partial charge in [0.15, 0.2) is 0 Å². The Morgan fingerprint density at radius 2 is 1.68 bits per heavy atom. The summed E-state index contributed by atoms with van der Waals surface area (Å²) in [6.45, 7) is 3.85. The maximum absolute atomic E-state index is 12.9. The molecule has 0 N–H and O–H groups in total. The molecule has 2 amide bonds. The molecule has 4 unspecified atom stereocenters. The van der Waals surface area contributed by atoms with Crippen molar-refractivity contribution in [2.75, 3.05) is 4.90 Å². The molecule has 0 aliphatic carbocycles. The van der Waals surface area contributed by atoms with Crippen LogP contribution in [0.4, 0.5) is 5.69 Å². The number of rotatable bonds is 1. The quantitative estimate of drug-likeness (QED) is 0.743. The molecule has 3 aliphatic heterocycles. The highest BCUT2D eigenvalue weighted by molar-refractivity contribution is 6.23. The van der Waals surface area contributed by atoms with Crippen LogP contribution in [-0.2, 0) is 14.3 Å². The van der Waals surface area contributed by atoms with Crippen molar-refractivity contribution in [3.63, 3.8) is 0 Å². The van der Waals surface area contributed by atoms with Crippen molar-refractivity contribution in [1.29, 1.82) is 5.26 Å². The summed E-state index contributed by atoms with van der Waals surface area (Å²) in [5.74, 6) is -1.34. The van der Waals surface area contributed by atoms with Crippen molar-refractivity contribution < 1.29 is 14.3 Å². The third-order valence-corrected chi connectivity index (χ3v) is 5.47. The maximum atomic E-state index is 12.9. The topological polar surface area (TPSA) is 70.4 Å². The van der Waals surface area contributed by atoms with Gasteiger partial charge in [-0.1, -0.05) is 12.1 Å². The number of carbonyl (C=O) groups is 2. The molecule has 3 aliphatic rings. The van der Waals surface area contributed by atoms with Crippen molar-refractivity contribution in [2.45, 2.75) is 37.9 Å². The number of para-hydroxylation sites is 1. The number of ether oxygens (including phenoxy) is 1. The molecule has 1 aromatic rings. The molecule has 0 spiro atoms. The van der Waals surface area contributed by atoms with Crippen LogP contribution < -0.4 is 4.90 Å². The number of imide groups is 1. The molecule has 5 heteroatoms. The number of carbonyl (C=O) groups excluding carboxylic acids is 2. The van der Waals surface area contributed by atoms with Crippen molar-refractivity contribution in [1.82, 2.24) is 0 Å². The van der Waals surface area contributed by atoms with Crippen LogP contribution in [0.1, 0.15) is 32.3 Å². The highest BCUT2D eigenvalue weighted by atomic mass is 16.5. The van der Waals surface area contributed by atoms with Gasteiger partial charge < -0.3 is 4.74 Å². The average molecular weight is 296 g/mol. The van der Waals surface area contributed by atoms with E-state index >= 15 is 0 Å².